The molecule has 14 heteroatoms. The molecule has 0 bridgehead atoms. The summed E-state index contributed by atoms with van der Waals surface area (Å²) in [5.74, 6) is -0.509. The number of para-hydroxylation sites is 1. The van der Waals surface area contributed by atoms with Crippen molar-refractivity contribution < 1.29 is 38.1 Å². The fourth-order valence-electron chi connectivity index (χ4n) is 3.38. The third-order valence-corrected chi connectivity index (χ3v) is 6.84. The highest BCUT2D eigenvalue weighted by Gasteiger charge is 2.46. The normalized spacial score (nSPS) is 24.3. The zero-order chi connectivity index (χ0) is 26.6. The van der Waals surface area contributed by atoms with Crippen LogP contribution < -0.4 is 20.9 Å². The molecule has 0 amide bonds. The van der Waals surface area contributed by atoms with Gasteiger partial charge in [0.15, 0.2) is 6.23 Å². The lowest BCUT2D eigenvalue weighted by Crippen LogP contribution is -2.39. The molecule has 0 saturated carbocycles. The van der Waals surface area contributed by atoms with Crippen LogP contribution in [0, 0.1) is 6.92 Å². The Balaban J connectivity index is 1.77. The van der Waals surface area contributed by atoms with Gasteiger partial charge in [0.05, 0.1) is 12.7 Å². The molecule has 13 nitrogen and oxygen atoms in total. The fourth-order valence-corrected chi connectivity index (χ4v) is 4.88. The van der Waals surface area contributed by atoms with E-state index < -0.39 is 68.3 Å². The zero-order valence-electron chi connectivity index (χ0n) is 20.2. The van der Waals surface area contributed by atoms with E-state index in [1.165, 1.54) is 32.2 Å². The summed E-state index contributed by atoms with van der Waals surface area (Å²) in [6.07, 6.45) is -4.91. The number of H-pyrrole nitrogens is 1. The standard InChI is InChI=1S/C22H30N3O10P/c1-12(2)33-21(29)14(4)24-36(31,35-15-8-6-5-7-9-15)32-11-16-17(26)18(27)20(34-16)25-10-13(3)19(28)23-22(25)30/h5-10,12,14,16-18,20,26-27H,11H2,1-4H3,(H,24,31)(H,23,28,30)/t14-,16-,17?,18+,20-,36?/m0/s1. The Hall–Kier alpha value is -2.80. The molecule has 2 heterocycles. The molecule has 2 aromatic rings. The van der Waals surface area contributed by atoms with E-state index in [2.05, 4.69) is 10.1 Å². The van der Waals surface area contributed by atoms with Crippen molar-refractivity contribution in [2.75, 3.05) is 6.61 Å². The quantitative estimate of drug-likeness (QED) is 0.251. The SMILES string of the molecule is Cc1cn([C@H]2O[C@@H](COP(=O)(N[C@@H](C)C(=O)OC(C)C)Oc3ccccc3)C(O)[C@H]2O)c(=O)[nH]c1=O. The molecule has 0 aliphatic carbocycles. The Morgan fingerprint density at radius 1 is 1.19 bits per heavy atom. The van der Waals surface area contributed by atoms with Gasteiger partial charge in [-0.3, -0.25) is 23.7 Å². The second kappa shape index (κ2) is 11.5. The highest BCUT2D eigenvalue weighted by molar-refractivity contribution is 7.52. The van der Waals surface area contributed by atoms with Gasteiger partial charge in [0.1, 0.15) is 30.1 Å². The second-order valence-corrected chi connectivity index (χ2v) is 10.3. The van der Waals surface area contributed by atoms with Crippen molar-refractivity contribution in [3.63, 3.8) is 0 Å². The Bertz CT molecular complexity index is 1210. The molecule has 0 spiro atoms. The smallest absolute Gasteiger partial charge is 0.459 e. The van der Waals surface area contributed by atoms with Crippen LogP contribution >= 0.6 is 7.75 Å². The van der Waals surface area contributed by atoms with Crippen LogP contribution in [-0.2, 0) is 23.4 Å². The van der Waals surface area contributed by atoms with Crippen LogP contribution in [0.2, 0.25) is 0 Å². The summed E-state index contributed by atoms with van der Waals surface area (Å²) in [4.78, 5) is 38.2. The van der Waals surface area contributed by atoms with Crippen molar-refractivity contribution >= 4 is 13.7 Å². The number of esters is 1. The molecule has 1 fully saturated rings. The summed E-state index contributed by atoms with van der Waals surface area (Å²) in [7, 11) is -4.25. The first-order valence-electron chi connectivity index (χ1n) is 11.2. The van der Waals surface area contributed by atoms with Crippen LogP contribution in [0.4, 0.5) is 0 Å². The average Bonchev–Trinajstić information content (AvgIpc) is 3.08. The average molecular weight is 527 g/mol. The van der Waals surface area contributed by atoms with Gasteiger partial charge in [-0.15, -0.1) is 0 Å². The van der Waals surface area contributed by atoms with Crippen LogP contribution in [0.1, 0.15) is 32.6 Å². The Morgan fingerprint density at radius 2 is 1.86 bits per heavy atom. The van der Waals surface area contributed by atoms with Crippen LogP contribution in [-0.4, -0.2) is 62.8 Å². The van der Waals surface area contributed by atoms with E-state index in [1.54, 1.807) is 32.0 Å². The molecule has 3 rings (SSSR count). The number of carbonyl (C=O) groups excluding carboxylic acids is 1. The van der Waals surface area contributed by atoms with E-state index >= 15 is 0 Å². The van der Waals surface area contributed by atoms with Gasteiger partial charge >= 0.3 is 19.4 Å². The summed E-state index contributed by atoms with van der Waals surface area (Å²) < 4.78 is 36.3. The highest BCUT2D eigenvalue weighted by Crippen LogP contribution is 2.46. The second-order valence-electron chi connectivity index (χ2n) is 8.56. The highest BCUT2D eigenvalue weighted by atomic mass is 31.2. The van der Waals surface area contributed by atoms with E-state index in [0.717, 1.165) is 4.57 Å². The summed E-state index contributed by atoms with van der Waals surface area (Å²) in [6.45, 7) is 5.66. The van der Waals surface area contributed by atoms with Crippen molar-refractivity contribution in [3.8, 4) is 5.75 Å². The van der Waals surface area contributed by atoms with Crippen molar-refractivity contribution in [2.45, 2.75) is 64.4 Å². The lowest BCUT2D eigenvalue weighted by atomic mass is 10.1. The summed E-state index contributed by atoms with van der Waals surface area (Å²) >= 11 is 0. The number of hydrogen-bond acceptors (Lipinski definition) is 10. The van der Waals surface area contributed by atoms with E-state index in [-0.39, 0.29) is 11.3 Å². The number of aromatic nitrogens is 2. The maximum atomic E-state index is 13.6. The monoisotopic (exact) mass is 527 g/mol. The topological polar surface area (TPSA) is 178 Å². The molecular formula is C22H30N3O10P. The van der Waals surface area contributed by atoms with Crippen molar-refractivity contribution in [1.82, 2.24) is 14.6 Å². The van der Waals surface area contributed by atoms with Gasteiger partial charge < -0.3 is 24.2 Å². The van der Waals surface area contributed by atoms with Gasteiger partial charge in [0, 0.05) is 11.8 Å². The number of nitrogens with zero attached hydrogens (tertiary/aromatic N) is 1. The first-order chi connectivity index (χ1) is 16.9. The number of aryl methyl sites for hydroxylation is 1. The van der Waals surface area contributed by atoms with Crippen LogP contribution in [0.15, 0.2) is 46.1 Å². The van der Waals surface area contributed by atoms with Crippen molar-refractivity contribution in [2.24, 2.45) is 0 Å². The van der Waals surface area contributed by atoms with Gasteiger partial charge in [0.25, 0.3) is 5.56 Å². The number of ether oxygens (including phenoxy) is 2. The number of aliphatic hydroxyl groups is 2. The van der Waals surface area contributed by atoms with Gasteiger partial charge in [-0.1, -0.05) is 18.2 Å². The predicted octanol–water partition coefficient (Wildman–Crippen LogP) is 0.598. The maximum Gasteiger partial charge on any atom is 0.459 e. The number of nitrogens with one attached hydrogen (secondary N) is 2. The van der Waals surface area contributed by atoms with Gasteiger partial charge in [-0.25, -0.2) is 9.36 Å². The summed E-state index contributed by atoms with van der Waals surface area (Å²) in [5, 5.41) is 23.5. The van der Waals surface area contributed by atoms with Crippen LogP contribution in [0.3, 0.4) is 0 Å². The molecule has 2 unspecified atom stereocenters. The Kier molecular flexibility index (Phi) is 8.88. The molecule has 4 N–H and O–H groups in total. The minimum absolute atomic E-state index is 0.179. The first-order valence-corrected chi connectivity index (χ1v) is 12.8. The first kappa shape index (κ1) is 27.8. The van der Waals surface area contributed by atoms with E-state index in [4.69, 9.17) is 18.5 Å². The summed E-state index contributed by atoms with van der Waals surface area (Å²) in [5.41, 5.74) is -1.26. The number of aliphatic hydroxyl groups excluding tert-OH is 2. The van der Waals surface area contributed by atoms with Crippen molar-refractivity contribution in [3.05, 3.63) is 62.9 Å². The Labute approximate surface area is 206 Å². The largest absolute Gasteiger partial charge is 0.462 e. The van der Waals surface area contributed by atoms with Crippen LogP contribution in [0.25, 0.3) is 0 Å². The van der Waals surface area contributed by atoms with Crippen molar-refractivity contribution in [1.29, 1.82) is 0 Å². The summed E-state index contributed by atoms with van der Waals surface area (Å²) in [6, 6.07) is 6.98. The number of aromatic amines is 1. The predicted molar refractivity (Wildman–Crippen MR) is 126 cm³/mol. The van der Waals surface area contributed by atoms with E-state index in [1.807, 2.05) is 0 Å². The molecule has 36 heavy (non-hydrogen) atoms. The van der Waals surface area contributed by atoms with Crippen LogP contribution in [0.5, 0.6) is 5.75 Å². The third kappa shape index (κ3) is 6.69. The molecule has 6 atom stereocenters. The molecule has 1 aromatic heterocycles. The molecule has 198 valence electrons. The zero-order valence-corrected chi connectivity index (χ0v) is 21.1. The number of hydrogen-bond donors (Lipinski definition) is 4. The molecule has 1 aliphatic rings. The third-order valence-electron chi connectivity index (χ3n) is 5.19. The molecule has 1 aromatic carbocycles. The minimum atomic E-state index is -4.25. The minimum Gasteiger partial charge on any atom is -0.462 e. The molecule has 0 radical (unpaired) electrons. The molecule has 1 aliphatic heterocycles. The lowest BCUT2D eigenvalue weighted by Gasteiger charge is -2.25. The van der Waals surface area contributed by atoms with E-state index in [9.17, 15) is 29.2 Å². The van der Waals surface area contributed by atoms with E-state index in [0.29, 0.717) is 0 Å². The number of benzene rings is 1. The Morgan fingerprint density at radius 3 is 2.50 bits per heavy atom. The molecule has 1 saturated heterocycles. The number of carbonyl (C=O) groups is 1. The lowest BCUT2D eigenvalue weighted by molar-refractivity contribution is -0.149. The molecular weight excluding hydrogens is 497 g/mol. The van der Waals surface area contributed by atoms with Gasteiger partial charge in [0.2, 0.25) is 0 Å². The fraction of sp³-hybridized carbons (Fsp3) is 0.500. The number of rotatable bonds is 10. The van der Waals surface area contributed by atoms with Gasteiger partial charge in [-0.2, -0.15) is 5.09 Å². The van der Waals surface area contributed by atoms with Gasteiger partial charge in [-0.05, 0) is 39.8 Å². The maximum absolute atomic E-state index is 13.6.